The molecule has 0 N–H and O–H groups in total. The maximum Gasteiger partial charge on any atom is 0.410 e. The van der Waals surface area contributed by atoms with Crippen LogP contribution in [0.1, 0.15) is 33.6 Å². The Balaban J connectivity index is 2.58. The minimum Gasteiger partial charge on any atom is -0.444 e. The SMILES string of the molecule is CC(C)(C)OC(=O)N1CCOC[C@H]1CCC#N. The highest BCUT2D eigenvalue weighted by atomic mass is 16.6. The quantitative estimate of drug-likeness (QED) is 0.739. The monoisotopic (exact) mass is 240 g/mol. The number of carbonyl (C=O) groups is 1. The number of nitriles is 1. The van der Waals surface area contributed by atoms with Crippen molar-refractivity contribution in [3.63, 3.8) is 0 Å². The summed E-state index contributed by atoms with van der Waals surface area (Å²) in [5, 5.41) is 8.58. The van der Waals surface area contributed by atoms with Crippen LogP contribution >= 0.6 is 0 Å². The lowest BCUT2D eigenvalue weighted by atomic mass is 10.1. The normalized spacial score (nSPS) is 20.8. The number of nitrogens with zero attached hydrogens (tertiary/aromatic N) is 2. The molecule has 1 aliphatic heterocycles. The lowest BCUT2D eigenvalue weighted by Gasteiger charge is -2.36. The molecular formula is C12H20N2O3. The number of ether oxygens (including phenoxy) is 2. The van der Waals surface area contributed by atoms with E-state index in [1.165, 1.54) is 0 Å². The second-order valence-corrected chi connectivity index (χ2v) is 5.10. The molecule has 1 atom stereocenters. The van der Waals surface area contributed by atoms with Crippen molar-refractivity contribution < 1.29 is 14.3 Å². The van der Waals surface area contributed by atoms with Crippen molar-refractivity contribution in [2.75, 3.05) is 19.8 Å². The number of rotatable bonds is 2. The van der Waals surface area contributed by atoms with E-state index in [0.717, 1.165) is 0 Å². The topological polar surface area (TPSA) is 62.6 Å². The van der Waals surface area contributed by atoms with Gasteiger partial charge < -0.3 is 14.4 Å². The van der Waals surface area contributed by atoms with Gasteiger partial charge in [0.05, 0.1) is 25.3 Å². The minimum atomic E-state index is -0.491. The highest BCUT2D eigenvalue weighted by Gasteiger charge is 2.30. The van der Waals surface area contributed by atoms with Gasteiger partial charge in [-0.3, -0.25) is 0 Å². The first-order chi connectivity index (χ1) is 7.94. The summed E-state index contributed by atoms with van der Waals surface area (Å²) in [7, 11) is 0. The standard InChI is InChI=1S/C12H20N2O3/c1-12(2,3)17-11(15)14-7-8-16-9-10(14)5-4-6-13/h10H,4-5,7-9H2,1-3H3/t10-/m1/s1. The molecule has 96 valence electrons. The average Bonchev–Trinajstić information content (AvgIpc) is 2.24. The van der Waals surface area contributed by atoms with Crippen LogP contribution in [0.25, 0.3) is 0 Å². The van der Waals surface area contributed by atoms with Crippen molar-refractivity contribution >= 4 is 6.09 Å². The van der Waals surface area contributed by atoms with E-state index >= 15 is 0 Å². The zero-order valence-corrected chi connectivity index (χ0v) is 10.7. The van der Waals surface area contributed by atoms with Crippen molar-refractivity contribution in [2.24, 2.45) is 0 Å². The van der Waals surface area contributed by atoms with Crippen LogP contribution < -0.4 is 0 Å². The first kappa shape index (κ1) is 13.8. The van der Waals surface area contributed by atoms with Gasteiger partial charge in [-0.05, 0) is 27.2 Å². The number of hydrogen-bond donors (Lipinski definition) is 0. The second kappa shape index (κ2) is 5.87. The molecule has 0 saturated carbocycles. The smallest absolute Gasteiger partial charge is 0.410 e. The fourth-order valence-electron chi connectivity index (χ4n) is 1.69. The maximum absolute atomic E-state index is 12.0. The molecule has 1 heterocycles. The summed E-state index contributed by atoms with van der Waals surface area (Å²) >= 11 is 0. The Kier molecular flexibility index (Phi) is 4.76. The molecule has 0 unspecified atom stereocenters. The van der Waals surface area contributed by atoms with Crippen molar-refractivity contribution in [3.05, 3.63) is 0 Å². The van der Waals surface area contributed by atoms with Gasteiger partial charge in [-0.2, -0.15) is 5.26 Å². The predicted molar refractivity (Wildman–Crippen MR) is 62.4 cm³/mol. The molecule has 1 fully saturated rings. The van der Waals surface area contributed by atoms with Gasteiger partial charge in [-0.1, -0.05) is 0 Å². The number of morpholine rings is 1. The summed E-state index contributed by atoms with van der Waals surface area (Å²) in [6.45, 7) is 7.08. The fourth-order valence-corrected chi connectivity index (χ4v) is 1.69. The summed E-state index contributed by atoms with van der Waals surface area (Å²) in [6.07, 6.45) is 0.743. The van der Waals surface area contributed by atoms with E-state index in [4.69, 9.17) is 14.7 Å². The summed E-state index contributed by atoms with van der Waals surface area (Å²) in [5.41, 5.74) is -0.491. The fraction of sp³-hybridized carbons (Fsp3) is 0.833. The molecule has 0 aromatic rings. The molecule has 1 amide bonds. The summed E-state index contributed by atoms with van der Waals surface area (Å²) in [6, 6.07) is 2.05. The molecule has 5 nitrogen and oxygen atoms in total. The first-order valence-corrected chi connectivity index (χ1v) is 5.88. The van der Waals surface area contributed by atoms with Crippen LogP contribution in [-0.4, -0.2) is 42.4 Å². The third kappa shape index (κ3) is 4.61. The molecule has 1 aliphatic rings. The van der Waals surface area contributed by atoms with Crippen LogP contribution in [0, 0.1) is 11.3 Å². The van der Waals surface area contributed by atoms with Gasteiger partial charge in [0, 0.05) is 13.0 Å². The van der Waals surface area contributed by atoms with Crippen LogP contribution in [0.5, 0.6) is 0 Å². The Morgan fingerprint density at radius 2 is 2.29 bits per heavy atom. The Labute approximate surface area is 102 Å². The highest BCUT2D eigenvalue weighted by molar-refractivity contribution is 5.68. The van der Waals surface area contributed by atoms with Gasteiger partial charge in [-0.25, -0.2) is 4.79 Å². The van der Waals surface area contributed by atoms with Crippen LogP contribution in [-0.2, 0) is 9.47 Å². The molecule has 1 rings (SSSR count). The Morgan fingerprint density at radius 3 is 2.88 bits per heavy atom. The van der Waals surface area contributed by atoms with Gasteiger partial charge in [0.1, 0.15) is 5.60 Å². The Bertz CT molecular complexity index is 304. The molecule has 1 saturated heterocycles. The Hall–Kier alpha value is -1.28. The van der Waals surface area contributed by atoms with Crippen molar-refractivity contribution in [2.45, 2.75) is 45.3 Å². The number of carbonyl (C=O) groups excluding carboxylic acids is 1. The largest absolute Gasteiger partial charge is 0.444 e. The zero-order chi connectivity index (χ0) is 12.9. The molecule has 0 aliphatic carbocycles. The molecule has 0 radical (unpaired) electrons. The van der Waals surface area contributed by atoms with Gasteiger partial charge in [-0.15, -0.1) is 0 Å². The number of hydrogen-bond acceptors (Lipinski definition) is 4. The highest BCUT2D eigenvalue weighted by Crippen LogP contribution is 2.17. The number of amides is 1. The Morgan fingerprint density at radius 1 is 1.59 bits per heavy atom. The van der Waals surface area contributed by atoms with Gasteiger partial charge >= 0.3 is 6.09 Å². The van der Waals surface area contributed by atoms with E-state index in [-0.39, 0.29) is 12.1 Å². The van der Waals surface area contributed by atoms with Crippen LogP contribution in [0.2, 0.25) is 0 Å². The van der Waals surface area contributed by atoms with E-state index in [2.05, 4.69) is 6.07 Å². The predicted octanol–water partition coefficient (Wildman–Crippen LogP) is 1.93. The third-order valence-corrected chi connectivity index (χ3v) is 2.44. The van der Waals surface area contributed by atoms with E-state index < -0.39 is 5.60 Å². The van der Waals surface area contributed by atoms with E-state index in [0.29, 0.717) is 32.6 Å². The van der Waals surface area contributed by atoms with E-state index in [1.54, 1.807) is 4.90 Å². The zero-order valence-electron chi connectivity index (χ0n) is 10.7. The molecule has 0 spiro atoms. The van der Waals surface area contributed by atoms with E-state index in [9.17, 15) is 4.79 Å². The summed E-state index contributed by atoms with van der Waals surface area (Å²) in [4.78, 5) is 13.6. The second-order valence-electron chi connectivity index (χ2n) is 5.10. The average molecular weight is 240 g/mol. The molecule has 0 aromatic carbocycles. The molecular weight excluding hydrogens is 220 g/mol. The molecule has 5 heteroatoms. The van der Waals surface area contributed by atoms with Crippen LogP contribution in [0.4, 0.5) is 4.79 Å². The minimum absolute atomic E-state index is 0.0433. The summed E-state index contributed by atoms with van der Waals surface area (Å²) < 4.78 is 10.7. The van der Waals surface area contributed by atoms with Crippen LogP contribution in [0.3, 0.4) is 0 Å². The lowest BCUT2D eigenvalue weighted by Crippen LogP contribution is -2.50. The summed E-state index contributed by atoms with van der Waals surface area (Å²) in [5.74, 6) is 0. The van der Waals surface area contributed by atoms with Gasteiger partial charge in [0.2, 0.25) is 0 Å². The van der Waals surface area contributed by atoms with Crippen LogP contribution in [0.15, 0.2) is 0 Å². The molecule has 0 aromatic heterocycles. The maximum atomic E-state index is 12.0. The third-order valence-electron chi connectivity index (χ3n) is 2.44. The van der Waals surface area contributed by atoms with Crippen molar-refractivity contribution in [1.29, 1.82) is 5.26 Å². The van der Waals surface area contributed by atoms with Crippen molar-refractivity contribution in [1.82, 2.24) is 4.90 Å². The molecule has 0 bridgehead atoms. The lowest BCUT2D eigenvalue weighted by molar-refractivity contribution is -0.0336. The van der Waals surface area contributed by atoms with E-state index in [1.807, 2.05) is 20.8 Å². The molecule has 17 heavy (non-hydrogen) atoms. The van der Waals surface area contributed by atoms with Gasteiger partial charge in [0.25, 0.3) is 0 Å². The van der Waals surface area contributed by atoms with Crippen molar-refractivity contribution in [3.8, 4) is 6.07 Å². The van der Waals surface area contributed by atoms with Gasteiger partial charge in [0.15, 0.2) is 0 Å². The first-order valence-electron chi connectivity index (χ1n) is 5.88.